The molecular formula is C98H68N8O20S4. The lowest BCUT2D eigenvalue weighted by Gasteiger charge is -2.15. The van der Waals surface area contributed by atoms with Crippen molar-refractivity contribution in [2.45, 2.75) is 39.3 Å². The third-order valence-corrected chi connectivity index (χ3v) is 24.8. The lowest BCUT2D eigenvalue weighted by Crippen LogP contribution is -2.20. The largest absolute Gasteiger partial charge is 0.505 e. The number of fused-ring (bicyclic) bond motifs is 12. The molecule has 0 saturated carbocycles. The second-order valence-corrected chi connectivity index (χ2v) is 32.7. The molecule has 10 aromatic carbocycles. The minimum Gasteiger partial charge on any atom is -0.505 e. The zero-order valence-electron chi connectivity index (χ0n) is 68.5. The van der Waals surface area contributed by atoms with Gasteiger partial charge in [0.1, 0.15) is 69.2 Å². The van der Waals surface area contributed by atoms with Crippen LogP contribution in [0.25, 0.3) is 110 Å². The SMILES string of the molecule is COc1ccc2c3oc(=O)c(Sc4ccc(N)cc4)c(O)c3c(=O)n(-c3ccccc3)c2c1.COc1ccc2c3oc(=O)c(Sc4cccc(N)c4)c(O)c3c(=O)n(-c3ccccc3)c2c1.COc1ccc2c3oc(=O)c(Sc4ccccn4)c(O)c3c(=O)n(-c3ccccc3)c2c1.COc1ccc2c3oc(=O)c(Sc4ccncc4)c(O)c3c(=O)n(-c3ccccc3)c2c1. The van der Waals surface area contributed by atoms with Crippen LogP contribution >= 0.6 is 47.0 Å². The summed E-state index contributed by atoms with van der Waals surface area (Å²) < 4.78 is 49.6. The van der Waals surface area contributed by atoms with Gasteiger partial charge >= 0.3 is 22.5 Å². The number of aromatic hydroxyl groups is 4. The fourth-order valence-electron chi connectivity index (χ4n) is 14.6. The van der Waals surface area contributed by atoms with Gasteiger partial charge in [0.2, 0.25) is 0 Å². The Hall–Kier alpha value is -16.4. The second kappa shape index (κ2) is 36.6. The van der Waals surface area contributed by atoms with E-state index < -0.39 is 67.7 Å². The maximum atomic E-state index is 13.7. The fraction of sp³-hybridized carbons (Fsp3) is 0.0408. The molecule has 644 valence electrons. The number of anilines is 2. The van der Waals surface area contributed by atoms with E-state index in [-0.39, 0.29) is 63.5 Å². The highest BCUT2D eigenvalue weighted by Gasteiger charge is 2.30. The Morgan fingerprint density at radius 1 is 0.292 bits per heavy atom. The van der Waals surface area contributed by atoms with Crippen molar-refractivity contribution in [2.75, 3.05) is 39.9 Å². The van der Waals surface area contributed by atoms with Crippen LogP contribution in [-0.2, 0) is 0 Å². The van der Waals surface area contributed by atoms with Gasteiger partial charge in [0.25, 0.3) is 22.2 Å². The van der Waals surface area contributed by atoms with Gasteiger partial charge < -0.3 is 68.5 Å². The second-order valence-electron chi connectivity index (χ2n) is 28.4. The van der Waals surface area contributed by atoms with Crippen molar-refractivity contribution in [3.05, 3.63) is 375 Å². The number of hydrogen-bond acceptors (Lipinski definition) is 28. The summed E-state index contributed by atoms with van der Waals surface area (Å²) in [6, 6.07) is 78.8. The van der Waals surface area contributed by atoms with Gasteiger partial charge in [-0.1, -0.05) is 132 Å². The van der Waals surface area contributed by atoms with Gasteiger partial charge in [-0.2, -0.15) is 0 Å². The van der Waals surface area contributed by atoms with Crippen molar-refractivity contribution in [2.24, 2.45) is 0 Å². The molecule has 32 heteroatoms. The standard InChI is InChI=1S/2C25H18N2O5S.2C24H16N2O5S/c1-31-16-10-11-18-19(13-16)27(15-7-3-2-4-8-15)24(29)20-21(28)23(25(30)32-22(18)20)33-17-9-5-6-14(26)12-17;1-31-16-9-12-18-19(13-16)27(15-5-3-2-4-6-15)24(29)20-21(28)23(25(30)32-22(18)20)33-17-10-7-14(26)8-11-17;1-30-15-10-11-16-17(13-15)26(14-7-3-2-4-8-14)23(28)19-20(27)22(24(29)31-21(16)19)32-18-9-5-6-12-25-18;1-30-15-7-8-17-18(13-15)26(14-5-3-2-4-6-14)23(28)19-20(27)22(24(29)31-21(17)19)32-16-9-11-25-12-10-16/h2*2-13,28H,26H2,1H3;2*2-13,27H,1H3. The van der Waals surface area contributed by atoms with Crippen LogP contribution in [-0.4, -0.2) is 77.1 Å². The highest BCUT2D eigenvalue weighted by atomic mass is 32.2. The highest BCUT2D eigenvalue weighted by molar-refractivity contribution is 8.00. The minimum absolute atomic E-state index is 0.0178. The first-order chi connectivity index (χ1) is 63.1. The van der Waals surface area contributed by atoms with Gasteiger partial charge in [-0.3, -0.25) is 42.4 Å². The summed E-state index contributed by atoms with van der Waals surface area (Å²) in [7, 11) is 6.11. The van der Waals surface area contributed by atoms with Gasteiger partial charge in [-0.15, -0.1) is 0 Å². The van der Waals surface area contributed by atoms with Crippen LogP contribution in [0.5, 0.6) is 46.0 Å². The lowest BCUT2D eigenvalue weighted by molar-refractivity contribution is 0.415. The van der Waals surface area contributed by atoms with Crippen LogP contribution in [0.15, 0.2) is 387 Å². The fourth-order valence-corrected chi connectivity index (χ4v) is 18.0. The number of pyridine rings is 6. The van der Waals surface area contributed by atoms with E-state index in [9.17, 15) is 58.8 Å². The maximum absolute atomic E-state index is 13.7. The molecule has 0 aliphatic rings. The van der Waals surface area contributed by atoms with E-state index in [1.165, 1.54) is 46.7 Å². The number of aromatic nitrogens is 6. The molecule has 20 rings (SSSR count). The molecule has 0 bridgehead atoms. The van der Waals surface area contributed by atoms with Crippen molar-refractivity contribution >= 4 is 146 Å². The van der Waals surface area contributed by atoms with Crippen LogP contribution in [0.3, 0.4) is 0 Å². The zero-order chi connectivity index (χ0) is 90.7. The quantitative estimate of drug-likeness (QED) is 0.0386. The van der Waals surface area contributed by atoms with Crippen molar-refractivity contribution < 1.29 is 57.0 Å². The summed E-state index contributed by atoms with van der Waals surface area (Å²) in [5, 5.41) is 46.5. The number of ether oxygens (including phenoxy) is 4. The predicted octanol–water partition coefficient (Wildman–Crippen LogP) is 17.8. The van der Waals surface area contributed by atoms with Gasteiger partial charge in [0.15, 0.2) is 45.3 Å². The molecule has 20 aromatic rings. The Labute approximate surface area is 748 Å². The molecule has 0 atom stereocenters. The monoisotopic (exact) mass is 1800 g/mol. The van der Waals surface area contributed by atoms with Crippen molar-refractivity contribution in [3.8, 4) is 68.7 Å². The first-order valence-corrected chi connectivity index (χ1v) is 42.5. The van der Waals surface area contributed by atoms with E-state index in [0.29, 0.717) is 120 Å². The van der Waals surface area contributed by atoms with E-state index in [4.69, 9.17) is 48.1 Å². The smallest absolute Gasteiger partial charge is 0.354 e. The minimum atomic E-state index is -0.750. The Morgan fingerprint density at radius 2 is 0.592 bits per heavy atom. The molecule has 0 fully saturated rings. The normalized spacial score (nSPS) is 11.2. The number of rotatable bonds is 16. The summed E-state index contributed by atoms with van der Waals surface area (Å²) in [4.78, 5) is 116. The number of nitrogens with two attached hydrogens (primary N) is 2. The molecule has 10 heterocycles. The van der Waals surface area contributed by atoms with Crippen LogP contribution in [0.2, 0.25) is 0 Å². The average molecular weight is 1810 g/mol. The molecule has 0 saturated heterocycles. The first-order valence-electron chi connectivity index (χ1n) is 39.3. The number of benzene rings is 10. The molecule has 28 nitrogen and oxygen atoms in total. The molecule has 0 unspecified atom stereocenters. The molecule has 0 amide bonds. The highest BCUT2D eigenvalue weighted by Crippen LogP contribution is 2.44. The summed E-state index contributed by atoms with van der Waals surface area (Å²) in [5.74, 6) is 0.452. The number of para-hydroxylation sites is 4. The van der Waals surface area contributed by atoms with E-state index in [1.54, 1.807) is 219 Å². The Kier molecular flexibility index (Phi) is 24.2. The maximum Gasteiger partial charge on any atom is 0.354 e. The van der Waals surface area contributed by atoms with Gasteiger partial charge in [-0.25, -0.2) is 24.2 Å². The number of nitrogen functional groups attached to an aromatic ring is 2. The molecular weight excluding hydrogens is 1740 g/mol. The first kappa shape index (κ1) is 85.7. The number of methoxy groups -OCH3 is 4. The third-order valence-electron chi connectivity index (χ3n) is 20.6. The zero-order valence-corrected chi connectivity index (χ0v) is 71.8. The van der Waals surface area contributed by atoms with Crippen molar-refractivity contribution in [1.29, 1.82) is 0 Å². The molecule has 0 spiro atoms. The van der Waals surface area contributed by atoms with E-state index in [0.717, 1.165) is 47.0 Å². The van der Waals surface area contributed by atoms with Crippen molar-refractivity contribution in [1.82, 2.24) is 28.2 Å². The van der Waals surface area contributed by atoms with Gasteiger partial charge in [0, 0.05) is 113 Å². The molecule has 0 aliphatic heterocycles. The van der Waals surface area contributed by atoms with E-state index >= 15 is 0 Å². The Morgan fingerprint density at radius 3 is 0.892 bits per heavy atom. The molecule has 0 radical (unpaired) electrons. The average Bonchev–Trinajstić information content (AvgIpc) is 0.742. The van der Waals surface area contributed by atoms with Crippen LogP contribution in [0.4, 0.5) is 11.4 Å². The van der Waals surface area contributed by atoms with Crippen LogP contribution in [0.1, 0.15) is 0 Å². The van der Waals surface area contributed by atoms with Gasteiger partial charge in [-0.05, 0) is 164 Å². The predicted molar refractivity (Wildman–Crippen MR) is 502 cm³/mol. The van der Waals surface area contributed by atoms with Crippen molar-refractivity contribution in [3.63, 3.8) is 0 Å². The Bertz CT molecular complexity index is 8140. The molecule has 0 aliphatic carbocycles. The van der Waals surface area contributed by atoms with Gasteiger partial charge in [0.05, 0.1) is 50.5 Å². The molecule has 130 heavy (non-hydrogen) atoms. The lowest BCUT2D eigenvalue weighted by atomic mass is 10.1. The van der Waals surface area contributed by atoms with Crippen LogP contribution < -0.4 is 75.2 Å². The molecule has 10 aromatic heterocycles. The summed E-state index contributed by atoms with van der Waals surface area (Å²) in [6.45, 7) is 0. The van der Waals surface area contributed by atoms with E-state index in [1.807, 2.05) is 72.8 Å². The number of nitrogens with zero attached hydrogens (tertiary/aromatic N) is 6. The van der Waals surface area contributed by atoms with Crippen LogP contribution in [0, 0.1) is 0 Å². The summed E-state index contributed by atoms with van der Waals surface area (Å²) >= 11 is 3.95. The summed E-state index contributed by atoms with van der Waals surface area (Å²) in [5.41, 5.74) is 12.0. The topological polar surface area (TPSA) is 404 Å². The Balaban J connectivity index is 0.000000121. The van der Waals surface area contributed by atoms with E-state index in [2.05, 4.69) is 9.97 Å². The summed E-state index contributed by atoms with van der Waals surface area (Å²) in [6.07, 6.45) is 4.72. The number of hydrogen-bond donors (Lipinski definition) is 6. The molecule has 8 N–H and O–H groups in total. The third kappa shape index (κ3) is 16.5.